The monoisotopic (exact) mass is 325 g/mol. The molecule has 1 rings (SSSR count). The molecule has 0 aromatic heterocycles. The molecule has 1 fully saturated rings. The van der Waals surface area contributed by atoms with Crippen molar-refractivity contribution in [3.63, 3.8) is 0 Å². The lowest BCUT2D eigenvalue weighted by molar-refractivity contribution is -0.132. The van der Waals surface area contributed by atoms with E-state index in [0.717, 1.165) is 12.8 Å². The van der Waals surface area contributed by atoms with Gasteiger partial charge in [0.25, 0.3) is 0 Å². The van der Waals surface area contributed by atoms with Crippen molar-refractivity contribution in [2.24, 2.45) is 0 Å². The second-order valence-electron chi connectivity index (χ2n) is 6.55. The van der Waals surface area contributed by atoms with Crippen LogP contribution in [-0.2, 0) is 14.3 Å². The van der Waals surface area contributed by atoms with Gasteiger partial charge in [-0.2, -0.15) is 0 Å². The summed E-state index contributed by atoms with van der Waals surface area (Å²) in [6.07, 6.45) is 2.43. The van der Waals surface area contributed by atoms with Crippen molar-refractivity contribution < 1.29 is 19.1 Å². The molecule has 3 amide bonds. The van der Waals surface area contributed by atoms with Crippen molar-refractivity contribution in [3.8, 4) is 0 Å². The molecule has 2 N–H and O–H groups in total. The Bertz CT molecular complexity index is 449. The van der Waals surface area contributed by atoms with Gasteiger partial charge in [0.05, 0.1) is 0 Å². The maximum Gasteiger partial charge on any atom is 0.407 e. The lowest BCUT2D eigenvalue weighted by Gasteiger charge is -2.32. The maximum absolute atomic E-state index is 12.1. The van der Waals surface area contributed by atoms with E-state index in [1.807, 2.05) is 0 Å². The van der Waals surface area contributed by atoms with Crippen LogP contribution in [0.1, 0.15) is 40.0 Å². The molecule has 7 nitrogen and oxygen atoms in total. The Morgan fingerprint density at radius 3 is 2.39 bits per heavy atom. The van der Waals surface area contributed by atoms with Crippen molar-refractivity contribution in [2.45, 2.75) is 51.7 Å². The number of likely N-dealkylation sites (tertiary alicyclic amines) is 1. The quantitative estimate of drug-likeness (QED) is 0.743. The van der Waals surface area contributed by atoms with Gasteiger partial charge in [-0.1, -0.05) is 6.58 Å². The minimum atomic E-state index is -0.550. The van der Waals surface area contributed by atoms with E-state index in [1.165, 1.54) is 6.08 Å². The van der Waals surface area contributed by atoms with Crippen LogP contribution < -0.4 is 10.6 Å². The van der Waals surface area contributed by atoms with E-state index < -0.39 is 11.7 Å². The van der Waals surface area contributed by atoms with Crippen molar-refractivity contribution >= 4 is 17.9 Å². The standard InChI is InChI=1S/C16H27N3O4/c1-5-13(20)18-12-7-10-19(11-8-12)14(21)6-9-17-15(22)23-16(2,3)4/h5,12H,1,6-11H2,2-4H3,(H,17,22)(H,18,20). The maximum atomic E-state index is 12.1. The predicted molar refractivity (Wildman–Crippen MR) is 86.8 cm³/mol. The first-order chi connectivity index (χ1) is 10.7. The van der Waals surface area contributed by atoms with E-state index in [9.17, 15) is 14.4 Å². The fourth-order valence-electron chi connectivity index (χ4n) is 2.28. The zero-order valence-electron chi connectivity index (χ0n) is 14.2. The average Bonchev–Trinajstić information content (AvgIpc) is 2.45. The third-order valence-electron chi connectivity index (χ3n) is 3.39. The number of rotatable bonds is 5. The van der Waals surface area contributed by atoms with Crippen LogP contribution in [0.15, 0.2) is 12.7 Å². The van der Waals surface area contributed by atoms with Crippen molar-refractivity contribution in [3.05, 3.63) is 12.7 Å². The number of carbonyl (C=O) groups excluding carboxylic acids is 3. The molecule has 0 saturated carbocycles. The lowest BCUT2D eigenvalue weighted by Crippen LogP contribution is -2.46. The molecule has 0 aromatic carbocycles. The van der Waals surface area contributed by atoms with Crippen LogP contribution >= 0.6 is 0 Å². The smallest absolute Gasteiger partial charge is 0.407 e. The number of ether oxygens (including phenoxy) is 1. The molecule has 23 heavy (non-hydrogen) atoms. The van der Waals surface area contributed by atoms with E-state index >= 15 is 0 Å². The Balaban J connectivity index is 2.23. The highest BCUT2D eigenvalue weighted by atomic mass is 16.6. The Hall–Kier alpha value is -2.05. The Morgan fingerprint density at radius 2 is 1.87 bits per heavy atom. The molecule has 1 aliphatic rings. The van der Waals surface area contributed by atoms with Gasteiger partial charge in [-0.25, -0.2) is 4.79 Å². The number of nitrogens with one attached hydrogen (secondary N) is 2. The van der Waals surface area contributed by atoms with Gasteiger partial charge in [-0.3, -0.25) is 9.59 Å². The number of hydrogen-bond acceptors (Lipinski definition) is 4. The molecular formula is C16H27N3O4. The summed E-state index contributed by atoms with van der Waals surface area (Å²) in [6, 6.07) is 0.0874. The molecule has 7 heteroatoms. The molecule has 130 valence electrons. The van der Waals surface area contributed by atoms with Gasteiger partial charge in [-0.05, 0) is 39.7 Å². The van der Waals surface area contributed by atoms with Crippen LogP contribution in [-0.4, -0.2) is 54.1 Å². The van der Waals surface area contributed by atoms with Crippen LogP contribution in [0.2, 0.25) is 0 Å². The summed E-state index contributed by atoms with van der Waals surface area (Å²) in [7, 11) is 0. The van der Waals surface area contributed by atoms with Crippen LogP contribution in [0.3, 0.4) is 0 Å². The SMILES string of the molecule is C=CC(=O)NC1CCN(C(=O)CCNC(=O)OC(C)(C)C)CC1. The highest BCUT2D eigenvalue weighted by molar-refractivity contribution is 5.87. The zero-order chi connectivity index (χ0) is 17.5. The number of hydrogen-bond donors (Lipinski definition) is 2. The first-order valence-corrected chi connectivity index (χ1v) is 7.89. The molecule has 1 saturated heterocycles. The second-order valence-corrected chi connectivity index (χ2v) is 6.55. The average molecular weight is 325 g/mol. The minimum Gasteiger partial charge on any atom is -0.444 e. The summed E-state index contributed by atoms with van der Waals surface area (Å²) in [5.74, 6) is -0.189. The number of nitrogens with zero attached hydrogens (tertiary/aromatic N) is 1. The third-order valence-corrected chi connectivity index (χ3v) is 3.39. The summed E-state index contributed by atoms with van der Waals surface area (Å²) in [6.45, 7) is 10.2. The molecule has 0 spiro atoms. The van der Waals surface area contributed by atoms with Gasteiger partial charge < -0.3 is 20.3 Å². The molecular weight excluding hydrogens is 298 g/mol. The Morgan fingerprint density at radius 1 is 1.26 bits per heavy atom. The van der Waals surface area contributed by atoms with Crippen LogP contribution in [0, 0.1) is 0 Å². The van der Waals surface area contributed by atoms with Gasteiger partial charge >= 0.3 is 6.09 Å². The number of carbonyl (C=O) groups is 3. The van der Waals surface area contributed by atoms with E-state index in [2.05, 4.69) is 17.2 Å². The Labute approximate surface area is 137 Å². The zero-order valence-corrected chi connectivity index (χ0v) is 14.2. The molecule has 1 heterocycles. The van der Waals surface area contributed by atoms with Crippen molar-refractivity contribution in [2.75, 3.05) is 19.6 Å². The normalized spacial score (nSPS) is 15.7. The molecule has 0 unspecified atom stereocenters. The molecule has 0 radical (unpaired) electrons. The molecule has 0 aromatic rings. The fraction of sp³-hybridized carbons (Fsp3) is 0.688. The second kappa shape index (κ2) is 8.55. The Kier molecular flexibility index (Phi) is 7.06. The summed E-state index contributed by atoms with van der Waals surface area (Å²) < 4.78 is 5.10. The topological polar surface area (TPSA) is 87.7 Å². The van der Waals surface area contributed by atoms with Gasteiger partial charge in [0.2, 0.25) is 11.8 Å². The lowest BCUT2D eigenvalue weighted by atomic mass is 10.0. The summed E-state index contributed by atoms with van der Waals surface area (Å²) in [5, 5.41) is 5.41. The highest BCUT2D eigenvalue weighted by Crippen LogP contribution is 2.11. The van der Waals surface area contributed by atoms with Gasteiger partial charge in [0, 0.05) is 32.1 Å². The summed E-state index contributed by atoms with van der Waals surface area (Å²) in [5.41, 5.74) is -0.550. The van der Waals surface area contributed by atoms with Crippen molar-refractivity contribution in [1.29, 1.82) is 0 Å². The molecule has 0 bridgehead atoms. The molecule has 1 aliphatic heterocycles. The minimum absolute atomic E-state index is 0.00504. The number of amides is 3. The first-order valence-electron chi connectivity index (χ1n) is 7.89. The van der Waals surface area contributed by atoms with E-state index in [0.29, 0.717) is 13.1 Å². The van der Waals surface area contributed by atoms with Gasteiger partial charge in [0.15, 0.2) is 0 Å². The van der Waals surface area contributed by atoms with E-state index in [1.54, 1.807) is 25.7 Å². The van der Waals surface area contributed by atoms with E-state index in [-0.39, 0.29) is 30.8 Å². The van der Waals surface area contributed by atoms with Crippen LogP contribution in [0.25, 0.3) is 0 Å². The fourth-order valence-corrected chi connectivity index (χ4v) is 2.28. The summed E-state index contributed by atoms with van der Waals surface area (Å²) >= 11 is 0. The number of alkyl carbamates (subject to hydrolysis) is 1. The predicted octanol–water partition coefficient (Wildman–Crippen LogP) is 1.19. The highest BCUT2D eigenvalue weighted by Gasteiger charge is 2.23. The largest absolute Gasteiger partial charge is 0.444 e. The third kappa shape index (κ3) is 7.67. The van der Waals surface area contributed by atoms with Gasteiger partial charge in [0.1, 0.15) is 5.60 Å². The van der Waals surface area contributed by atoms with Crippen LogP contribution in [0.4, 0.5) is 4.79 Å². The van der Waals surface area contributed by atoms with Crippen molar-refractivity contribution in [1.82, 2.24) is 15.5 Å². The summed E-state index contributed by atoms with van der Waals surface area (Å²) in [4.78, 5) is 36.6. The van der Waals surface area contributed by atoms with Gasteiger partial charge in [-0.15, -0.1) is 0 Å². The molecule has 0 aliphatic carbocycles. The number of piperidine rings is 1. The van der Waals surface area contributed by atoms with Crippen LogP contribution in [0.5, 0.6) is 0 Å². The first kappa shape index (κ1) is 19.0. The van der Waals surface area contributed by atoms with E-state index in [4.69, 9.17) is 4.74 Å². The molecule has 0 atom stereocenters.